The van der Waals surface area contributed by atoms with Crippen molar-refractivity contribution in [1.82, 2.24) is 10.6 Å². The molecule has 2 aromatic rings. The Bertz CT molecular complexity index is 826. The summed E-state index contributed by atoms with van der Waals surface area (Å²) in [5.41, 5.74) is 0.209. The molecule has 0 aromatic heterocycles. The summed E-state index contributed by atoms with van der Waals surface area (Å²) < 4.78 is 29.2. The van der Waals surface area contributed by atoms with E-state index in [-0.39, 0.29) is 30.0 Å². The summed E-state index contributed by atoms with van der Waals surface area (Å²) in [4.78, 5) is 24.3. The number of rotatable bonds is 8. The van der Waals surface area contributed by atoms with E-state index >= 15 is 0 Å². The van der Waals surface area contributed by atoms with Crippen LogP contribution >= 0.6 is 0 Å². The molecule has 0 spiro atoms. The normalized spacial score (nSPS) is 10.1. The molecule has 0 saturated heterocycles. The summed E-state index contributed by atoms with van der Waals surface area (Å²) in [6.45, 7) is 0.283. The average Bonchev–Trinajstić information content (AvgIpc) is 2.69. The number of ether oxygens (including phenoxy) is 3. The first-order chi connectivity index (χ1) is 13.0. The fourth-order valence-electron chi connectivity index (χ4n) is 2.47. The molecule has 2 N–H and O–H groups in total. The number of carbonyl (C=O) groups is 2. The van der Waals surface area contributed by atoms with Crippen molar-refractivity contribution < 1.29 is 28.2 Å². The second-order valence-electron chi connectivity index (χ2n) is 5.37. The SMILES string of the molecule is COc1ccc(C(=O)NCCNC(=O)c2ccccc2F)c(OC)c1OC. The quantitative estimate of drug-likeness (QED) is 0.689. The molecule has 2 rings (SSSR count). The van der Waals surface area contributed by atoms with Crippen LogP contribution in [0.15, 0.2) is 36.4 Å². The van der Waals surface area contributed by atoms with Crippen LogP contribution in [-0.4, -0.2) is 46.2 Å². The molecule has 0 aliphatic rings. The topological polar surface area (TPSA) is 85.9 Å². The Morgan fingerprint density at radius 1 is 0.815 bits per heavy atom. The Morgan fingerprint density at radius 2 is 1.41 bits per heavy atom. The van der Waals surface area contributed by atoms with Crippen LogP contribution < -0.4 is 24.8 Å². The van der Waals surface area contributed by atoms with E-state index in [4.69, 9.17) is 14.2 Å². The van der Waals surface area contributed by atoms with Crippen molar-refractivity contribution in [3.05, 3.63) is 53.3 Å². The lowest BCUT2D eigenvalue weighted by Crippen LogP contribution is -2.35. The number of carbonyl (C=O) groups excluding carboxylic acids is 2. The minimum Gasteiger partial charge on any atom is -0.493 e. The summed E-state index contributed by atoms with van der Waals surface area (Å²) in [7, 11) is 4.35. The molecule has 0 radical (unpaired) electrons. The molecular weight excluding hydrogens is 355 g/mol. The number of nitrogens with one attached hydrogen (secondary N) is 2. The third kappa shape index (κ3) is 4.66. The van der Waals surface area contributed by atoms with Gasteiger partial charge in [0.15, 0.2) is 11.5 Å². The number of hydrogen-bond donors (Lipinski definition) is 2. The van der Waals surface area contributed by atoms with Crippen molar-refractivity contribution in [2.24, 2.45) is 0 Å². The highest BCUT2D eigenvalue weighted by molar-refractivity contribution is 5.98. The fourth-order valence-corrected chi connectivity index (χ4v) is 2.47. The monoisotopic (exact) mass is 376 g/mol. The molecule has 0 bridgehead atoms. The first-order valence-corrected chi connectivity index (χ1v) is 8.13. The highest BCUT2D eigenvalue weighted by Gasteiger charge is 2.20. The summed E-state index contributed by atoms with van der Waals surface area (Å²) in [6.07, 6.45) is 0. The lowest BCUT2D eigenvalue weighted by atomic mass is 10.1. The minimum atomic E-state index is -0.603. The van der Waals surface area contributed by atoms with E-state index in [1.807, 2.05) is 0 Å². The molecule has 0 saturated carbocycles. The van der Waals surface area contributed by atoms with Gasteiger partial charge in [-0.25, -0.2) is 4.39 Å². The lowest BCUT2D eigenvalue weighted by Gasteiger charge is -2.15. The van der Waals surface area contributed by atoms with Gasteiger partial charge in [-0.3, -0.25) is 9.59 Å². The van der Waals surface area contributed by atoms with Crippen LogP contribution in [0.4, 0.5) is 4.39 Å². The maximum absolute atomic E-state index is 13.5. The second kappa shape index (κ2) is 9.42. The Hall–Kier alpha value is -3.29. The molecule has 144 valence electrons. The highest BCUT2D eigenvalue weighted by Crippen LogP contribution is 2.39. The maximum Gasteiger partial charge on any atom is 0.255 e. The van der Waals surface area contributed by atoms with E-state index in [0.29, 0.717) is 11.5 Å². The Labute approximate surface area is 156 Å². The van der Waals surface area contributed by atoms with Gasteiger partial charge in [0.1, 0.15) is 5.82 Å². The molecule has 0 heterocycles. The van der Waals surface area contributed by atoms with Gasteiger partial charge in [0.05, 0.1) is 32.5 Å². The fraction of sp³-hybridized carbons (Fsp3) is 0.263. The molecule has 0 unspecified atom stereocenters. The maximum atomic E-state index is 13.5. The third-order valence-electron chi connectivity index (χ3n) is 3.76. The van der Waals surface area contributed by atoms with Crippen LogP contribution in [0.1, 0.15) is 20.7 Å². The predicted molar refractivity (Wildman–Crippen MR) is 97.2 cm³/mol. The third-order valence-corrected chi connectivity index (χ3v) is 3.76. The van der Waals surface area contributed by atoms with E-state index in [9.17, 15) is 14.0 Å². The highest BCUT2D eigenvalue weighted by atomic mass is 19.1. The van der Waals surface area contributed by atoms with Gasteiger partial charge >= 0.3 is 0 Å². The number of methoxy groups -OCH3 is 3. The van der Waals surface area contributed by atoms with Gasteiger partial charge in [-0.1, -0.05) is 12.1 Å². The van der Waals surface area contributed by atoms with Crippen molar-refractivity contribution in [3.8, 4) is 17.2 Å². The van der Waals surface area contributed by atoms with Gasteiger partial charge in [0.2, 0.25) is 5.75 Å². The zero-order valence-corrected chi connectivity index (χ0v) is 15.3. The van der Waals surface area contributed by atoms with Gasteiger partial charge in [-0.05, 0) is 24.3 Å². The largest absolute Gasteiger partial charge is 0.493 e. The molecular formula is C19H21FN2O5. The molecule has 0 aliphatic heterocycles. The Morgan fingerprint density at radius 3 is 1.96 bits per heavy atom. The van der Waals surface area contributed by atoms with Crippen molar-refractivity contribution in [2.45, 2.75) is 0 Å². The molecule has 2 amide bonds. The van der Waals surface area contributed by atoms with E-state index in [0.717, 1.165) is 0 Å². The van der Waals surface area contributed by atoms with Gasteiger partial charge in [-0.2, -0.15) is 0 Å². The van der Waals surface area contributed by atoms with Crippen LogP contribution in [-0.2, 0) is 0 Å². The van der Waals surface area contributed by atoms with E-state index in [2.05, 4.69) is 10.6 Å². The molecule has 0 aliphatic carbocycles. The van der Waals surface area contributed by atoms with Gasteiger partial charge < -0.3 is 24.8 Å². The zero-order valence-electron chi connectivity index (χ0n) is 15.3. The van der Waals surface area contributed by atoms with E-state index in [1.165, 1.54) is 39.5 Å². The molecule has 0 fully saturated rings. The van der Waals surface area contributed by atoms with E-state index < -0.39 is 17.6 Å². The molecule has 2 aromatic carbocycles. The van der Waals surface area contributed by atoms with Crippen LogP contribution in [0.3, 0.4) is 0 Å². The predicted octanol–water partition coefficient (Wildman–Crippen LogP) is 2.01. The van der Waals surface area contributed by atoms with Crippen molar-refractivity contribution in [1.29, 1.82) is 0 Å². The van der Waals surface area contributed by atoms with E-state index in [1.54, 1.807) is 18.2 Å². The molecule has 27 heavy (non-hydrogen) atoms. The van der Waals surface area contributed by atoms with Crippen LogP contribution in [0.5, 0.6) is 17.2 Å². The number of benzene rings is 2. The average molecular weight is 376 g/mol. The smallest absolute Gasteiger partial charge is 0.255 e. The van der Waals surface area contributed by atoms with Crippen molar-refractivity contribution >= 4 is 11.8 Å². The van der Waals surface area contributed by atoms with Crippen molar-refractivity contribution in [2.75, 3.05) is 34.4 Å². The summed E-state index contributed by atoms with van der Waals surface area (Å²) >= 11 is 0. The molecule has 0 atom stereocenters. The van der Waals surface area contributed by atoms with Crippen LogP contribution in [0.2, 0.25) is 0 Å². The summed E-state index contributed by atoms with van der Waals surface area (Å²) in [6, 6.07) is 8.81. The first kappa shape index (κ1) is 20.0. The van der Waals surface area contributed by atoms with Crippen LogP contribution in [0, 0.1) is 5.82 Å². The van der Waals surface area contributed by atoms with Crippen molar-refractivity contribution in [3.63, 3.8) is 0 Å². The minimum absolute atomic E-state index is 0.0506. The number of hydrogen-bond acceptors (Lipinski definition) is 5. The zero-order chi connectivity index (χ0) is 19.8. The molecule has 7 nitrogen and oxygen atoms in total. The standard InChI is InChI=1S/C19H21FN2O5/c1-25-15-9-8-13(16(26-2)17(15)27-3)19(24)22-11-10-21-18(23)12-6-4-5-7-14(12)20/h4-9H,10-11H2,1-3H3,(H,21,23)(H,22,24). The number of halogens is 1. The van der Waals surface area contributed by atoms with Crippen LogP contribution in [0.25, 0.3) is 0 Å². The van der Waals surface area contributed by atoms with Gasteiger partial charge in [0.25, 0.3) is 11.8 Å². The number of amides is 2. The van der Waals surface area contributed by atoms with Gasteiger partial charge in [-0.15, -0.1) is 0 Å². The molecule has 8 heteroatoms. The second-order valence-corrected chi connectivity index (χ2v) is 5.37. The Kier molecular flexibility index (Phi) is 6.99. The summed E-state index contributed by atoms with van der Waals surface area (Å²) in [5.74, 6) is -0.582. The first-order valence-electron chi connectivity index (χ1n) is 8.13. The van der Waals surface area contributed by atoms with Gasteiger partial charge in [0, 0.05) is 13.1 Å². The Balaban J connectivity index is 1.96. The summed E-state index contributed by atoms with van der Waals surface area (Å²) in [5, 5.41) is 5.21. The lowest BCUT2D eigenvalue weighted by molar-refractivity contribution is 0.0923.